The van der Waals surface area contributed by atoms with Crippen LogP contribution >= 0.6 is 0 Å². The van der Waals surface area contributed by atoms with E-state index in [1.807, 2.05) is 13.0 Å². The second-order valence-corrected chi connectivity index (χ2v) is 6.08. The summed E-state index contributed by atoms with van der Waals surface area (Å²) in [4.78, 5) is 28.5. The minimum Gasteiger partial charge on any atom is -0.465 e. The Morgan fingerprint density at radius 1 is 1.14 bits per heavy atom. The number of benzene rings is 1. The van der Waals surface area contributed by atoms with Crippen molar-refractivity contribution in [2.45, 2.75) is 6.92 Å². The Hall–Kier alpha value is -3.94. The number of hydrogen-bond donors (Lipinski definition) is 1. The van der Waals surface area contributed by atoms with Crippen LogP contribution in [0.25, 0.3) is 17.1 Å². The molecule has 8 nitrogen and oxygen atoms in total. The van der Waals surface area contributed by atoms with Crippen molar-refractivity contribution >= 4 is 23.2 Å². The highest BCUT2D eigenvalue weighted by atomic mass is 16.5. The lowest BCUT2D eigenvalue weighted by atomic mass is 10.2. The second-order valence-electron chi connectivity index (χ2n) is 6.08. The Bertz CT molecular complexity index is 1160. The lowest BCUT2D eigenvalue weighted by Gasteiger charge is -2.07. The van der Waals surface area contributed by atoms with Crippen LogP contribution in [-0.4, -0.2) is 33.6 Å². The van der Waals surface area contributed by atoms with E-state index in [0.717, 1.165) is 5.69 Å². The second kappa shape index (κ2) is 6.99. The molecule has 0 aliphatic heterocycles. The number of furan rings is 1. The predicted molar refractivity (Wildman–Crippen MR) is 101 cm³/mol. The van der Waals surface area contributed by atoms with Crippen LogP contribution in [0.15, 0.2) is 59.2 Å². The van der Waals surface area contributed by atoms with Crippen molar-refractivity contribution in [3.8, 4) is 11.5 Å². The van der Waals surface area contributed by atoms with Crippen molar-refractivity contribution in [3.05, 3.63) is 71.7 Å². The number of ether oxygens (including phenoxy) is 1. The van der Waals surface area contributed by atoms with Gasteiger partial charge < -0.3 is 14.5 Å². The summed E-state index contributed by atoms with van der Waals surface area (Å²) >= 11 is 0. The van der Waals surface area contributed by atoms with Crippen LogP contribution in [-0.2, 0) is 4.74 Å². The molecule has 0 aliphatic rings. The third kappa shape index (κ3) is 3.23. The van der Waals surface area contributed by atoms with Gasteiger partial charge >= 0.3 is 5.97 Å². The summed E-state index contributed by atoms with van der Waals surface area (Å²) in [6.45, 7) is 1.84. The normalized spacial score (nSPS) is 10.8. The molecule has 1 aromatic carbocycles. The zero-order chi connectivity index (χ0) is 19.7. The molecule has 1 N–H and O–H groups in total. The van der Waals surface area contributed by atoms with Gasteiger partial charge in [-0.05, 0) is 49.4 Å². The molecular weight excluding hydrogens is 360 g/mol. The van der Waals surface area contributed by atoms with Gasteiger partial charge in [0.2, 0.25) is 0 Å². The molecule has 3 heterocycles. The lowest BCUT2D eigenvalue weighted by molar-refractivity contribution is 0.0600. The summed E-state index contributed by atoms with van der Waals surface area (Å²) in [5, 5.41) is 7.23. The predicted octanol–water partition coefficient (Wildman–Crippen LogP) is 3.34. The Morgan fingerprint density at radius 3 is 2.61 bits per heavy atom. The third-order valence-corrected chi connectivity index (χ3v) is 4.18. The molecule has 0 atom stereocenters. The molecular formula is C20H16N4O4. The first-order valence-electron chi connectivity index (χ1n) is 8.46. The number of nitrogens with one attached hydrogen (secondary N) is 1. The number of rotatable bonds is 4. The van der Waals surface area contributed by atoms with E-state index in [4.69, 9.17) is 4.42 Å². The molecule has 140 valence electrons. The van der Waals surface area contributed by atoms with Crippen molar-refractivity contribution in [3.63, 3.8) is 0 Å². The van der Waals surface area contributed by atoms with Gasteiger partial charge in [-0.1, -0.05) is 0 Å². The topological polar surface area (TPSA) is 98.7 Å². The van der Waals surface area contributed by atoms with E-state index in [-0.39, 0.29) is 11.6 Å². The molecule has 3 aromatic heterocycles. The molecule has 1 amide bonds. The van der Waals surface area contributed by atoms with E-state index < -0.39 is 5.97 Å². The molecule has 4 aromatic rings. The number of amides is 1. The Kier molecular flexibility index (Phi) is 4.36. The molecule has 0 bridgehead atoms. The molecule has 0 unspecified atom stereocenters. The average molecular weight is 376 g/mol. The molecule has 28 heavy (non-hydrogen) atoms. The fraction of sp³-hybridized carbons (Fsp3) is 0.100. The standard InChI is InChI=1S/C20H16N4O4/c1-12-10-16(19(25)21-14-7-5-13(6-8-14)20(26)27-2)22-18-11-15(23-24(12)18)17-4-3-9-28-17/h3-11H,1-2H3,(H,21,25). The number of nitrogens with zero attached hydrogens (tertiary/aromatic N) is 3. The van der Waals surface area contributed by atoms with E-state index >= 15 is 0 Å². The summed E-state index contributed by atoms with van der Waals surface area (Å²) in [7, 11) is 1.32. The Morgan fingerprint density at radius 2 is 1.93 bits per heavy atom. The number of aromatic nitrogens is 3. The van der Waals surface area contributed by atoms with E-state index in [1.54, 1.807) is 53.2 Å². The fourth-order valence-corrected chi connectivity index (χ4v) is 2.79. The zero-order valence-corrected chi connectivity index (χ0v) is 15.2. The third-order valence-electron chi connectivity index (χ3n) is 4.18. The van der Waals surface area contributed by atoms with Crippen LogP contribution in [0.5, 0.6) is 0 Å². The van der Waals surface area contributed by atoms with Crippen LogP contribution in [0, 0.1) is 6.92 Å². The Labute approximate surface area is 159 Å². The smallest absolute Gasteiger partial charge is 0.337 e. The Balaban J connectivity index is 1.59. The summed E-state index contributed by atoms with van der Waals surface area (Å²) in [6.07, 6.45) is 1.57. The minimum absolute atomic E-state index is 0.257. The van der Waals surface area contributed by atoms with Crippen molar-refractivity contribution in [1.29, 1.82) is 0 Å². The molecule has 8 heteroatoms. The molecule has 0 saturated carbocycles. The van der Waals surface area contributed by atoms with Gasteiger partial charge in [0.1, 0.15) is 11.4 Å². The van der Waals surface area contributed by atoms with Crippen molar-refractivity contribution in [2.24, 2.45) is 0 Å². The first kappa shape index (κ1) is 17.5. The number of anilines is 1. The van der Waals surface area contributed by atoms with Crippen molar-refractivity contribution < 1.29 is 18.7 Å². The number of aryl methyl sites for hydroxylation is 1. The number of hydrogen-bond acceptors (Lipinski definition) is 6. The molecule has 0 radical (unpaired) electrons. The van der Waals surface area contributed by atoms with Gasteiger partial charge in [0.15, 0.2) is 11.4 Å². The summed E-state index contributed by atoms with van der Waals surface area (Å²) in [6, 6.07) is 13.4. The molecule has 0 saturated heterocycles. The quantitative estimate of drug-likeness (QED) is 0.549. The van der Waals surface area contributed by atoms with Gasteiger partial charge in [0.25, 0.3) is 5.91 Å². The van der Waals surface area contributed by atoms with Crippen molar-refractivity contribution in [1.82, 2.24) is 14.6 Å². The highest BCUT2D eigenvalue weighted by Gasteiger charge is 2.15. The van der Waals surface area contributed by atoms with Gasteiger partial charge in [-0.3, -0.25) is 4.79 Å². The molecule has 0 fully saturated rings. The van der Waals surface area contributed by atoms with Crippen LogP contribution in [0.2, 0.25) is 0 Å². The minimum atomic E-state index is -0.436. The van der Waals surface area contributed by atoms with E-state index in [0.29, 0.717) is 28.4 Å². The first-order valence-corrected chi connectivity index (χ1v) is 8.46. The van der Waals surface area contributed by atoms with Crippen molar-refractivity contribution in [2.75, 3.05) is 12.4 Å². The lowest BCUT2D eigenvalue weighted by Crippen LogP contribution is -2.15. The van der Waals surface area contributed by atoms with E-state index in [2.05, 4.69) is 20.1 Å². The number of carbonyl (C=O) groups excluding carboxylic acids is 2. The van der Waals surface area contributed by atoms with Gasteiger partial charge in [-0.25, -0.2) is 14.3 Å². The molecule has 4 rings (SSSR count). The number of carbonyl (C=O) groups is 2. The van der Waals surface area contributed by atoms with Crippen LogP contribution in [0.3, 0.4) is 0 Å². The molecule has 0 spiro atoms. The maximum absolute atomic E-state index is 12.6. The van der Waals surface area contributed by atoms with Gasteiger partial charge in [0.05, 0.1) is 18.9 Å². The average Bonchev–Trinajstić information content (AvgIpc) is 3.37. The SMILES string of the molecule is COC(=O)c1ccc(NC(=O)c2cc(C)n3nc(-c4ccco4)cc3n2)cc1. The largest absolute Gasteiger partial charge is 0.465 e. The number of fused-ring (bicyclic) bond motifs is 1. The number of esters is 1. The van der Waals surface area contributed by atoms with E-state index in [9.17, 15) is 9.59 Å². The van der Waals surface area contributed by atoms with Crippen LogP contribution in [0.1, 0.15) is 26.5 Å². The number of methoxy groups -OCH3 is 1. The zero-order valence-electron chi connectivity index (χ0n) is 15.2. The molecule has 0 aliphatic carbocycles. The van der Waals surface area contributed by atoms with Gasteiger partial charge in [0, 0.05) is 17.4 Å². The van der Waals surface area contributed by atoms with E-state index in [1.165, 1.54) is 7.11 Å². The fourth-order valence-electron chi connectivity index (χ4n) is 2.79. The van der Waals surface area contributed by atoms with Gasteiger partial charge in [-0.2, -0.15) is 5.10 Å². The summed E-state index contributed by atoms with van der Waals surface area (Å²) < 4.78 is 11.7. The summed E-state index contributed by atoms with van der Waals surface area (Å²) in [5.74, 6) is -0.174. The summed E-state index contributed by atoms with van der Waals surface area (Å²) in [5.41, 5.74) is 3.14. The highest BCUT2D eigenvalue weighted by molar-refractivity contribution is 6.03. The first-order chi connectivity index (χ1) is 13.5. The monoisotopic (exact) mass is 376 g/mol. The van der Waals surface area contributed by atoms with Crippen LogP contribution < -0.4 is 5.32 Å². The highest BCUT2D eigenvalue weighted by Crippen LogP contribution is 2.21. The van der Waals surface area contributed by atoms with Crippen LogP contribution in [0.4, 0.5) is 5.69 Å². The maximum atomic E-state index is 12.6. The van der Waals surface area contributed by atoms with Gasteiger partial charge in [-0.15, -0.1) is 0 Å². The maximum Gasteiger partial charge on any atom is 0.337 e.